The zero-order valence-electron chi connectivity index (χ0n) is 10.4. The van der Waals surface area contributed by atoms with Gasteiger partial charge in [-0.1, -0.05) is 34.7 Å². The summed E-state index contributed by atoms with van der Waals surface area (Å²) in [6, 6.07) is 3.97. The number of hydrogen-bond donors (Lipinski definition) is 1. The maximum atomic E-state index is 12.4. The third-order valence-corrected chi connectivity index (χ3v) is 3.15. The van der Waals surface area contributed by atoms with Gasteiger partial charge in [-0.15, -0.1) is 0 Å². The maximum absolute atomic E-state index is 12.4. The van der Waals surface area contributed by atoms with Crippen LogP contribution in [0.15, 0.2) is 33.9 Å². The molecule has 1 N–H and O–H groups in total. The molecule has 1 aromatic carbocycles. The molecule has 1 atom stereocenters. The molecule has 0 amide bonds. The summed E-state index contributed by atoms with van der Waals surface area (Å²) in [5, 5.41) is 10.0. The van der Waals surface area contributed by atoms with Crippen LogP contribution in [-0.2, 0) is 15.7 Å². The Hall–Kier alpha value is -1.09. The average molecular weight is 400 g/mol. The third-order valence-electron chi connectivity index (χ3n) is 2.48. The van der Waals surface area contributed by atoms with E-state index >= 15 is 0 Å². The minimum Gasteiger partial charge on any atom is -0.463 e. The quantitative estimate of drug-likeness (QED) is 0.477. The number of benzene rings is 1. The van der Waals surface area contributed by atoms with E-state index in [9.17, 15) is 23.1 Å². The molecule has 0 aliphatic heterocycles. The van der Waals surface area contributed by atoms with Crippen molar-refractivity contribution < 1.29 is 27.8 Å². The molecule has 0 heterocycles. The normalized spacial score (nSPS) is 14.0. The van der Waals surface area contributed by atoms with E-state index in [1.165, 1.54) is 4.08 Å². The van der Waals surface area contributed by atoms with Gasteiger partial charge in [-0.2, -0.15) is 13.2 Å². The SMILES string of the molecule is CCOC(=O)C(=CI)C(O)c1ccc(C(F)(F)F)cc1. The van der Waals surface area contributed by atoms with E-state index in [-0.39, 0.29) is 17.7 Å². The number of aliphatic hydroxyl groups is 1. The zero-order valence-corrected chi connectivity index (χ0v) is 12.6. The molecule has 1 rings (SSSR count). The minimum absolute atomic E-state index is 0.0211. The summed E-state index contributed by atoms with van der Waals surface area (Å²) in [5.41, 5.74) is -0.647. The Kier molecular flexibility index (Phi) is 6.00. The summed E-state index contributed by atoms with van der Waals surface area (Å²) < 4.78 is 43.4. The van der Waals surface area contributed by atoms with Crippen LogP contribution in [0.5, 0.6) is 0 Å². The molecule has 0 bridgehead atoms. The number of carbonyl (C=O) groups excluding carboxylic acids is 1. The van der Waals surface area contributed by atoms with Gasteiger partial charge in [-0.25, -0.2) is 4.79 Å². The first-order valence-electron chi connectivity index (χ1n) is 5.63. The first kappa shape index (κ1) is 17.0. The summed E-state index contributed by atoms with van der Waals surface area (Å²) in [5.74, 6) is -0.700. The van der Waals surface area contributed by atoms with Crippen LogP contribution in [0.2, 0.25) is 0 Å². The zero-order chi connectivity index (χ0) is 15.3. The second-order valence-corrected chi connectivity index (χ2v) is 4.43. The van der Waals surface area contributed by atoms with E-state index in [4.69, 9.17) is 4.74 Å². The highest BCUT2D eigenvalue weighted by molar-refractivity contribution is 14.1. The van der Waals surface area contributed by atoms with E-state index in [1.807, 2.05) is 0 Å². The summed E-state index contributed by atoms with van der Waals surface area (Å²) in [4.78, 5) is 11.6. The molecule has 7 heteroatoms. The molecular weight excluding hydrogens is 388 g/mol. The lowest BCUT2D eigenvalue weighted by molar-refractivity contribution is -0.140. The standard InChI is InChI=1S/C13H12F3IO3/c1-2-20-12(19)10(7-17)11(18)8-3-5-9(6-4-8)13(14,15)16/h3-7,11,18H,2H2,1H3. The van der Waals surface area contributed by atoms with Gasteiger partial charge in [0, 0.05) is 0 Å². The van der Waals surface area contributed by atoms with Gasteiger partial charge in [0.1, 0.15) is 6.10 Å². The Balaban J connectivity index is 2.97. The van der Waals surface area contributed by atoms with Crippen LogP contribution in [-0.4, -0.2) is 17.7 Å². The number of ether oxygens (including phenoxy) is 1. The van der Waals surface area contributed by atoms with Crippen molar-refractivity contribution in [3.8, 4) is 0 Å². The molecular formula is C13H12F3IO3. The fraction of sp³-hybridized carbons (Fsp3) is 0.308. The van der Waals surface area contributed by atoms with Crippen molar-refractivity contribution in [3.63, 3.8) is 0 Å². The predicted octanol–water partition coefficient (Wildman–Crippen LogP) is 3.62. The fourth-order valence-corrected chi connectivity index (χ4v) is 2.06. The fourth-order valence-electron chi connectivity index (χ4n) is 1.46. The lowest BCUT2D eigenvalue weighted by Gasteiger charge is -2.14. The largest absolute Gasteiger partial charge is 0.463 e. The lowest BCUT2D eigenvalue weighted by atomic mass is 10.0. The second kappa shape index (κ2) is 7.07. The number of aliphatic hydroxyl groups excluding tert-OH is 1. The summed E-state index contributed by atoms with van der Waals surface area (Å²) in [6.45, 7) is 1.76. The number of alkyl halides is 3. The van der Waals surface area contributed by atoms with E-state index in [1.54, 1.807) is 29.5 Å². The van der Waals surface area contributed by atoms with Gasteiger partial charge in [0.15, 0.2) is 0 Å². The molecule has 1 aromatic rings. The molecule has 0 aliphatic carbocycles. The van der Waals surface area contributed by atoms with E-state index < -0.39 is 23.8 Å². The van der Waals surface area contributed by atoms with Crippen molar-refractivity contribution in [2.45, 2.75) is 19.2 Å². The van der Waals surface area contributed by atoms with Crippen molar-refractivity contribution in [2.24, 2.45) is 0 Å². The Morgan fingerprint density at radius 1 is 1.40 bits per heavy atom. The molecule has 0 aromatic heterocycles. The van der Waals surface area contributed by atoms with Gasteiger partial charge in [-0.3, -0.25) is 0 Å². The predicted molar refractivity (Wildman–Crippen MR) is 75.1 cm³/mol. The minimum atomic E-state index is -4.44. The summed E-state index contributed by atoms with van der Waals surface area (Å²) in [6.07, 6.45) is -5.76. The molecule has 0 radical (unpaired) electrons. The average Bonchev–Trinajstić information content (AvgIpc) is 2.39. The number of halogens is 4. The van der Waals surface area contributed by atoms with Crippen molar-refractivity contribution in [2.75, 3.05) is 6.61 Å². The van der Waals surface area contributed by atoms with Crippen molar-refractivity contribution in [1.82, 2.24) is 0 Å². The Bertz CT molecular complexity index is 495. The van der Waals surface area contributed by atoms with Crippen LogP contribution in [0.3, 0.4) is 0 Å². The maximum Gasteiger partial charge on any atom is 0.416 e. The summed E-state index contributed by atoms with van der Waals surface area (Å²) in [7, 11) is 0. The van der Waals surface area contributed by atoms with Crippen molar-refractivity contribution >= 4 is 28.6 Å². The lowest BCUT2D eigenvalue weighted by Crippen LogP contribution is -2.14. The van der Waals surface area contributed by atoms with Crippen LogP contribution in [0.1, 0.15) is 24.2 Å². The van der Waals surface area contributed by atoms with Crippen LogP contribution in [0.25, 0.3) is 0 Å². The topological polar surface area (TPSA) is 46.5 Å². The first-order valence-corrected chi connectivity index (χ1v) is 6.88. The Labute approximate surface area is 127 Å². The number of esters is 1. The molecule has 0 spiro atoms. The second-order valence-electron chi connectivity index (χ2n) is 3.81. The van der Waals surface area contributed by atoms with Gasteiger partial charge < -0.3 is 9.84 Å². The van der Waals surface area contributed by atoms with E-state index in [0.29, 0.717) is 0 Å². The van der Waals surface area contributed by atoms with E-state index in [0.717, 1.165) is 24.3 Å². The molecule has 20 heavy (non-hydrogen) atoms. The highest BCUT2D eigenvalue weighted by Crippen LogP contribution is 2.31. The Morgan fingerprint density at radius 3 is 2.35 bits per heavy atom. The molecule has 0 saturated carbocycles. The van der Waals surface area contributed by atoms with Crippen LogP contribution in [0.4, 0.5) is 13.2 Å². The number of rotatable bonds is 4. The highest BCUT2D eigenvalue weighted by atomic mass is 127. The van der Waals surface area contributed by atoms with Gasteiger partial charge in [0.2, 0.25) is 0 Å². The molecule has 0 saturated heterocycles. The number of hydrogen-bond acceptors (Lipinski definition) is 3. The van der Waals surface area contributed by atoms with Gasteiger partial charge in [0.05, 0.1) is 17.7 Å². The van der Waals surface area contributed by atoms with Gasteiger partial charge in [0.25, 0.3) is 0 Å². The first-order chi connectivity index (χ1) is 9.31. The molecule has 1 unspecified atom stereocenters. The summed E-state index contributed by atoms with van der Waals surface area (Å²) >= 11 is 1.76. The van der Waals surface area contributed by atoms with E-state index in [2.05, 4.69) is 0 Å². The third kappa shape index (κ3) is 4.20. The van der Waals surface area contributed by atoms with Crippen molar-refractivity contribution in [1.29, 1.82) is 0 Å². The monoisotopic (exact) mass is 400 g/mol. The van der Waals surface area contributed by atoms with Crippen LogP contribution in [0, 0.1) is 0 Å². The van der Waals surface area contributed by atoms with Crippen LogP contribution >= 0.6 is 22.6 Å². The molecule has 0 aliphatic rings. The molecule has 3 nitrogen and oxygen atoms in total. The Morgan fingerprint density at radius 2 is 1.95 bits per heavy atom. The highest BCUT2D eigenvalue weighted by Gasteiger charge is 2.30. The number of carbonyl (C=O) groups is 1. The van der Waals surface area contributed by atoms with Gasteiger partial charge >= 0.3 is 12.1 Å². The smallest absolute Gasteiger partial charge is 0.416 e. The molecule has 110 valence electrons. The van der Waals surface area contributed by atoms with Crippen LogP contribution < -0.4 is 0 Å². The van der Waals surface area contributed by atoms with Crippen molar-refractivity contribution in [3.05, 3.63) is 45.0 Å². The molecule has 0 fully saturated rings. The van der Waals surface area contributed by atoms with Gasteiger partial charge in [-0.05, 0) is 28.7 Å².